The highest BCUT2D eigenvalue weighted by molar-refractivity contribution is 7.80. The summed E-state index contributed by atoms with van der Waals surface area (Å²) in [5.41, 5.74) is 6.08. The molecule has 34 heavy (non-hydrogen) atoms. The molecule has 0 aliphatic carbocycles. The van der Waals surface area contributed by atoms with Crippen LogP contribution >= 0.6 is 12.2 Å². The maximum atomic E-state index is 5.82. The zero-order valence-electron chi connectivity index (χ0n) is 18.9. The third kappa shape index (κ3) is 4.61. The highest BCUT2D eigenvalue weighted by atomic mass is 32.1. The van der Waals surface area contributed by atoms with Crippen LogP contribution < -0.4 is 10.1 Å². The van der Waals surface area contributed by atoms with Crippen molar-refractivity contribution in [3.05, 3.63) is 102 Å². The molecule has 170 valence electrons. The lowest BCUT2D eigenvalue weighted by Crippen LogP contribution is -2.37. The van der Waals surface area contributed by atoms with Crippen molar-refractivity contribution >= 4 is 34.1 Å². The summed E-state index contributed by atoms with van der Waals surface area (Å²) in [5, 5.41) is 10.9. The summed E-state index contributed by atoms with van der Waals surface area (Å²) >= 11 is 5.82. The van der Waals surface area contributed by atoms with Gasteiger partial charge in [0.25, 0.3) is 0 Å². The van der Waals surface area contributed by atoms with Crippen molar-refractivity contribution in [2.24, 2.45) is 5.10 Å². The van der Waals surface area contributed by atoms with Crippen molar-refractivity contribution in [2.75, 3.05) is 13.7 Å². The first-order valence-corrected chi connectivity index (χ1v) is 11.7. The third-order valence-electron chi connectivity index (χ3n) is 5.96. The van der Waals surface area contributed by atoms with E-state index in [-0.39, 0.29) is 6.04 Å². The molecule has 0 spiro atoms. The fourth-order valence-electron chi connectivity index (χ4n) is 4.22. The normalized spacial score (nSPS) is 15.3. The molecule has 1 aliphatic heterocycles. The number of thiocarbonyl (C=S) groups is 1. The summed E-state index contributed by atoms with van der Waals surface area (Å²) in [6, 6.07) is 24.4. The summed E-state index contributed by atoms with van der Waals surface area (Å²) in [5.74, 6) is 0.818. The molecule has 6 nitrogen and oxygen atoms in total. The number of hydrogen-bond donors (Lipinski definition) is 1. The van der Waals surface area contributed by atoms with E-state index in [1.165, 1.54) is 5.56 Å². The van der Waals surface area contributed by atoms with E-state index in [9.17, 15) is 0 Å². The molecule has 1 aromatic heterocycles. The molecular weight excluding hydrogens is 442 g/mol. The highest BCUT2D eigenvalue weighted by Crippen LogP contribution is 2.35. The van der Waals surface area contributed by atoms with E-state index < -0.39 is 0 Å². The fraction of sp³-hybridized carbons (Fsp3) is 0.185. The SMILES string of the molecule is COc1ccc(C2=NN(C(=S)NCCc3ccccc3)[C@@H](c3cccc4nccnc34)C2)cc1. The van der Waals surface area contributed by atoms with Gasteiger partial charge in [-0.05, 0) is 60.1 Å². The predicted octanol–water partition coefficient (Wildman–Crippen LogP) is 4.91. The Labute approximate surface area is 204 Å². The molecule has 7 heteroatoms. The number of benzene rings is 3. The Morgan fingerprint density at radius 1 is 1.00 bits per heavy atom. The Bertz CT molecular complexity index is 1320. The number of aromatic nitrogens is 2. The molecule has 0 bridgehead atoms. The summed E-state index contributed by atoms with van der Waals surface area (Å²) in [6.45, 7) is 0.731. The summed E-state index contributed by atoms with van der Waals surface area (Å²) < 4.78 is 5.31. The first-order valence-electron chi connectivity index (χ1n) is 11.3. The quantitative estimate of drug-likeness (QED) is 0.407. The molecular formula is C27H25N5OS. The monoisotopic (exact) mass is 467 g/mol. The summed E-state index contributed by atoms with van der Waals surface area (Å²) in [6.07, 6.45) is 5.04. The number of rotatable bonds is 6. The van der Waals surface area contributed by atoms with Crippen LogP contribution in [0.5, 0.6) is 5.75 Å². The zero-order valence-corrected chi connectivity index (χ0v) is 19.7. The summed E-state index contributed by atoms with van der Waals surface area (Å²) in [4.78, 5) is 9.10. The van der Waals surface area contributed by atoms with Gasteiger partial charge in [-0.1, -0.05) is 42.5 Å². The van der Waals surface area contributed by atoms with E-state index in [2.05, 4.69) is 45.6 Å². The molecule has 0 fully saturated rings. The van der Waals surface area contributed by atoms with Crippen LogP contribution in [0.25, 0.3) is 11.0 Å². The van der Waals surface area contributed by atoms with Gasteiger partial charge in [0.1, 0.15) is 5.75 Å². The van der Waals surface area contributed by atoms with Gasteiger partial charge < -0.3 is 10.1 Å². The standard InChI is InChI=1S/C27H25N5OS/c1-33-21-12-10-20(11-13-21)24-18-25(22-8-5-9-23-26(22)29-17-16-28-23)32(31-24)27(34)30-15-14-19-6-3-2-4-7-19/h2-13,16-17,25H,14-15,18H2,1H3,(H,30,34)/t25-/m1/s1. The lowest BCUT2D eigenvalue weighted by atomic mass is 9.97. The summed E-state index contributed by atoms with van der Waals surface area (Å²) in [7, 11) is 1.67. The third-order valence-corrected chi connectivity index (χ3v) is 6.29. The maximum absolute atomic E-state index is 5.82. The average molecular weight is 468 g/mol. The van der Waals surface area contributed by atoms with E-state index in [0.29, 0.717) is 11.5 Å². The lowest BCUT2D eigenvalue weighted by Gasteiger charge is -2.25. The Kier molecular flexibility index (Phi) is 6.44. The van der Waals surface area contributed by atoms with Crippen LogP contribution in [0.4, 0.5) is 0 Å². The number of nitrogens with zero attached hydrogens (tertiary/aromatic N) is 4. The van der Waals surface area contributed by atoms with Crippen molar-refractivity contribution in [1.29, 1.82) is 0 Å². The van der Waals surface area contributed by atoms with Crippen molar-refractivity contribution in [3.8, 4) is 5.75 Å². The molecule has 0 radical (unpaired) electrons. The van der Waals surface area contributed by atoms with Gasteiger partial charge in [-0.25, -0.2) is 5.01 Å². The van der Waals surface area contributed by atoms with Gasteiger partial charge in [0, 0.05) is 30.9 Å². The highest BCUT2D eigenvalue weighted by Gasteiger charge is 2.32. The fourth-order valence-corrected chi connectivity index (χ4v) is 4.49. The van der Waals surface area contributed by atoms with E-state index in [1.807, 2.05) is 47.5 Å². The minimum absolute atomic E-state index is 0.0748. The van der Waals surface area contributed by atoms with E-state index in [1.54, 1.807) is 19.5 Å². The number of nitrogens with one attached hydrogen (secondary N) is 1. The second-order valence-electron chi connectivity index (χ2n) is 8.08. The first-order chi connectivity index (χ1) is 16.7. The van der Waals surface area contributed by atoms with Crippen LogP contribution in [0.2, 0.25) is 0 Å². The van der Waals surface area contributed by atoms with E-state index >= 15 is 0 Å². The number of para-hydroxylation sites is 1. The van der Waals surface area contributed by atoms with Gasteiger partial charge in [0.2, 0.25) is 0 Å². The molecule has 5 rings (SSSR count). The van der Waals surface area contributed by atoms with Crippen molar-refractivity contribution < 1.29 is 4.74 Å². The molecule has 3 aromatic carbocycles. The van der Waals surface area contributed by atoms with Crippen LogP contribution in [0.15, 0.2) is 90.3 Å². The molecule has 0 saturated heterocycles. The Morgan fingerprint density at radius 2 is 1.79 bits per heavy atom. The van der Waals surface area contributed by atoms with Gasteiger partial charge in [-0.2, -0.15) is 5.10 Å². The van der Waals surface area contributed by atoms with Gasteiger partial charge in [-0.15, -0.1) is 0 Å². The van der Waals surface area contributed by atoms with E-state index in [4.69, 9.17) is 22.1 Å². The number of hydrogen-bond acceptors (Lipinski definition) is 5. The van der Waals surface area contributed by atoms with Crippen LogP contribution in [-0.4, -0.2) is 39.5 Å². The maximum Gasteiger partial charge on any atom is 0.190 e. The second-order valence-corrected chi connectivity index (χ2v) is 8.47. The molecule has 1 N–H and O–H groups in total. The molecule has 1 aliphatic rings. The first kappa shape index (κ1) is 22.0. The van der Waals surface area contributed by atoms with Crippen LogP contribution in [-0.2, 0) is 6.42 Å². The molecule has 4 aromatic rings. The average Bonchev–Trinajstić information content (AvgIpc) is 3.34. The van der Waals surface area contributed by atoms with Crippen LogP contribution in [0.1, 0.15) is 29.2 Å². The molecule has 0 saturated carbocycles. The Morgan fingerprint density at radius 3 is 2.59 bits per heavy atom. The predicted molar refractivity (Wildman–Crippen MR) is 139 cm³/mol. The van der Waals surface area contributed by atoms with Gasteiger partial charge in [0.15, 0.2) is 5.11 Å². The minimum Gasteiger partial charge on any atom is -0.497 e. The molecule has 1 atom stereocenters. The van der Waals surface area contributed by atoms with Gasteiger partial charge in [0.05, 0.1) is 29.9 Å². The topological polar surface area (TPSA) is 62.6 Å². The largest absolute Gasteiger partial charge is 0.497 e. The minimum atomic E-state index is -0.0748. The number of methoxy groups -OCH3 is 1. The molecule has 0 unspecified atom stereocenters. The molecule has 2 heterocycles. The number of ether oxygens (including phenoxy) is 1. The van der Waals surface area contributed by atoms with Gasteiger partial charge >= 0.3 is 0 Å². The molecule has 0 amide bonds. The smallest absolute Gasteiger partial charge is 0.190 e. The Balaban J connectivity index is 1.43. The number of hydrazone groups is 1. The number of fused-ring (bicyclic) bond motifs is 1. The van der Waals surface area contributed by atoms with Crippen LogP contribution in [0.3, 0.4) is 0 Å². The second kappa shape index (κ2) is 9.97. The lowest BCUT2D eigenvalue weighted by molar-refractivity contribution is 0.366. The zero-order chi connectivity index (χ0) is 23.3. The van der Waals surface area contributed by atoms with Crippen molar-refractivity contribution in [3.63, 3.8) is 0 Å². The van der Waals surface area contributed by atoms with Crippen molar-refractivity contribution in [1.82, 2.24) is 20.3 Å². The van der Waals surface area contributed by atoms with Crippen LogP contribution in [0, 0.1) is 0 Å². The van der Waals surface area contributed by atoms with Crippen molar-refractivity contribution in [2.45, 2.75) is 18.9 Å². The Hall–Kier alpha value is -3.84. The van der Waals surface area contributed by atoms with Gasteiger partial charge in [-0.3, -0.25) is 9.97 Å². The van der Waals surface area contributed by atoms with E-state index in [0.717, 1.165) is 46.6 Å².